The van der Waals surface area contributed by atoms with Crippen LogP contribution in [0.1, 0.15) is 6.42 Å². The first-order valence-corrected chi connectivity index (χ1v) is 7.60. The molecule has 1 amide bonds. The molecule has 0 radical (unpaired) electrons. The zero-order chi connectivity index (χ0) is 15.9. The summed E-state index contributed by atoms with van der Waals surface area (Å²) >= 11 is 5.84. The number of carbonyl (C=O) groups excluding carboxylic acids is 1. The second-order valence-electron chi connectivity index (χ2n) is 5.25. The molecule has 1 saturated heterocycles. The number of hydrogen-bond acceptors (Lipinski definition) is 4. The van der Waals surface area contributed by atoms with E-state index in [0.717, 1.165) is 0 Å². The van der Waals surface area contributed by atoms with E-state index in [1.54, 1.807) is 29.2 Å². The van der Waals surface area contributed by atoms with Gasteiger partial charge in [0.05, 0.1) is 19.7 Å². The molecule has 0 aliphatic carbocycles. The summed E-state index contributed by atoms with van der Waals surface area (Å²) in [5.41, 5.74) is 0. The Labute approximate surface area is 134 Å². The summed E-state index contributed by atoms with van der Waals surface area (Å²) in [6, 6.07) is 6.74. The molecule has 0 unspecified atom stereocenters. The zero-order valence-electron chi connectivity index (χ0n) is 12.2. The van der Waals surface area contributed by atoms with E-state index >= 15 is 0 Å². The molecule has 122 valence electrons. The van der Waals surface area contributed by atoms with Crippen molar-refractivity contribution in [2.24, 2.45) is 0 Å². The van der Waals surface area contributed by atoms with Gasteiger partial charge in [-0.25, -0.2) is 4.39 Å². The van der Waals surface area contributed by atoms with Crippen molar-refractivity contribution in [1.82, 2.24) is 10.2 Å². The normalized spacial score (nSPS) is 21.8. The summed E-state index contributed by atoms with van der Waals surface area (Å²) in [6.45, 7) is 0.815. The van der Waals surface area contributed by atoms with Gasteiger partial charge in [0, 0.05) is 17.6 Å². The molecule has 0 bridgehead atoms. The van der Waals surface area contributed by atoms with Crippen LogP contribution in [0.5, 0.6) is 5.75 Å². The Hall–Kier alpha value is -1.37. The quantitative estimate of drug-likeness (QED) is 0.738. The SMILES string of the molecule is O=C(CN1C[C@@H](F)C[C@H]1CO)NCCOc1cccc(Cl)c1. The van der Waals surface area contributed by atoms with Gasteiger partial charge in [0.25, 0.3) is 0 Å². The van der Waals surface area contributed by atoms with Crippen LogP contribution in [0.15, 0.2) is 24.3 Å². The number of nitrogens with zero attached hydrogens (tertiary/aromatic N) is 1. The van der Waals surface area contributed by atoms with E-state index in [1.165, 1.54) is 0 Å². The van der Waals surface area contributed by atoms with Crippen LogP contribution < -0.4 is 10.1 Å². The highest BCUT2D eigenvalue weighted by atomic mass is 35.5. The Morgan fingerprint density at radius 1 is 1.55 bits per heavy atom. The summed E-state index contributed by atoms with van der Waals surface area (Å²) in [5.74, 6) is 0.434. The fraction of sp³-hybridized carbons (Fsp3) is 0.533. The Kier molecular flexibility index (Phi) is 6.42. The molecule has 1 heterocycles. The molecule has 0 spiro atoms. The van der Waals surface area contributed by atoms with Crippen molar-refractivity contribution < 1.29 is 19.0 Å². The van der Waals surface area contributed by atoms with Gasteiger partial charge in [-0.15, -0.1) is 0 Å². The lowest BCUT2D eigenvalue weighted by Crippen LogP contribution is -2.42. The van der Waals surface area contributed by atoms with Gasteiger partial charge in [-0.2, -0.15) is 0 Å². The number of benzene rings is 1. The molecule has 1 aromatic carbocycles. The highest BCUT2D eigenvalue weighted by Crippen LogP contribution is 2.19. The van der Waals surface area contributed by atoms with Crippen molar-refractivity contribution in [2.45, 2.75) is 18.6 Å². The lowest BCUT2D eigenvalue weighted by Gasteiger charge is -2.21. The fourth-order valence-electron chi connectivity index (χ4n) is 2.46. The third-order valence-corrected chi connectivity index (χ3v) is 3.76. The zero-order valence-corrected chi connectivity index (χ0v) is 12.9. The molecular weight excluding hydrogens is 311 g/mol. The van der Waals surface area contributed by atoms with E-state index in [9.17, 15) is 9.18 Å². The van der Waals surface area contributed by atoms with E-state index in [4.69, 9.17) is 21.4 Å². The van der Waals surface area contributed by atoms with E-state index in [2.05, 4.69) is 5.32 Å². The van der Waals surface area contributed by atoms with Crippen LogP contribution in [0.2, 0.25) is 5.02 Å². The Morgan fingerprint density at radius 3 is 3.09 bits per heavy atom. The topological polar surface area (TPSA) is 61.8 Å². The van der Waals surface area contributed by atoms with Crippen LogP contribution >= 0.6 is 11.6 Å². The Morgan fingerprint density at radius 2 is 2.36 bits per heavy atom. The van der Waals surface area contributed by atoms with Crippen molar-refractivity contribution in [3.63, 3.8) is 0 Å². The third-order valence-electron chi connectivity index (χ3n) is 3.52. The highest BCUT2D eigenvalue weighted by molar-refractivity contribution is 6.30. The van der Waals surface area contributed by atoms with Gasteiger partial charge in [0.15, 0.2) is 0 Å². The molecule has 2 N–H and O–H groups in total. The number of alkyl halides is 1. The summed E-state index contributed by atoms with van der Waals surface area (Å²) in [4.78, 5) is 13.5. The van der Waals surface area contributed by atoms with Crippen LogP contribution in [0.25, 0.3) is 0 Å². The number of hydrogen-bond donors (Lipinski definition) is 2. The van der Waals surface area contributed by atoms with Crippen LogP contribution in [0.4, 0.5) is 4.39 Å². The molecule has 7 heteroatoms. The number of aliphatic hydroxyl groups is 1. The van der Waals surface area contributed by atoms with Gasteiger partial charge >= 0.3 is 0 Å². The third kappa shape index (κ3) is 5.12. The lowest BCUT2D eigenvalue weighted by molar-refractivity contribution is -0.122. The molecule has 2 rings (SSSR count). The lowest BCUT2D eigenvalue weighted by atomic mass is 10.2. The van der Waals surface area contributed by atoms with E-state index in [-0.39, 0.29) is 38.1 Å². The van der Waals surface area contributed by atoms with Crippen LogP contribution in [0.3, 0.4) is 0 Å². The maximum absolute atomic E-state index is 13.3. The molecule has 2 atom stereocenters. The first kappa shape index (κ1) is 17.0. The molecule has 0 aromatic heterocycles. The highest BCUT2D eigenvalue weighted by Gasteiger charge is 2.32. The summed E-state index contributed by atoms with van der Waals surface area (Å²) in [6.07, 6.45) is -0.696. The van der Waals surface area contributed by atoms with Crippen molar-refractivity contribution in [1.29, 1.82) is 0 Å². The largest absolute Gasteiger partial charge is 0.492 e. The first-order valence-electron chi connectivity index (χ1n) is 7.22. The molecule has 1 fully saturated rings. The fourth-order valence-corrected chi connectivity index (χ4v) is 2.64. The molecule has 1 aromatic rings. The number of aliphatic hydroxyl groups excluding tert-OH is 1. The predicted molar refractivity (Wildman–Crippen MR) is 81.9 cm³/mol. The average molecular weight is 331 g/mol. The van der Waals surface area contributed by atoms with Gasteiger partial charge in [0.1, 0.15) is 18.5 Å². The van der Waals surface area contributed by atoms with Crippen LogP contribution in [-0.4, -0.2) is 61.0 Å². The van der Waals surface area contributed by atoms with E-state index < -0.39 is 6.17 Å². The summed E-state index contributed by atoms with van der Waals surface area (Å²) in [5, 5.41) is 12.5. The number of nitrogens with one attached hydrogen (secondary N) is 1. The number of amides is 1. The molecule has 5 nitrogen and oxygen atoms in total. The predicted octanol–water partition coefficient (Wildman–Crippen LogP) is 1.24. The number of rotatable bonds is 7. The second-order valence-corrected chi connectivity index (χ2v) is 5.69. The Bertz CT molecular complexity index is 503. The first-order chi connectivity index (χ1) is 10.6. The van der Waals surface area contributed by atoms with Gasteiger partial charge in [-0.3, -0.25) is 9.69 Å². The molecular formula is C15H20ClFN2O3. The van der Waals surface area contributed by atoms with Gasteiger partial charge < -0.3 is 15.2 Å². The van der Waals surface area contributed by atoms with E-state index in [0.29, 0.717) is 23.9 Å². The van der Waals surface area contributed by atoms with Crippen molar-refractivity contribution in [3.8, 4) is 5.75 Å². The number of carbonyl (C=O) groups is 1. The maximum atomic E-state index is 13.3. The molecule has 1 aliphatic rings. The standard InChI is InChI=1S/C15H20ClFN2O3/c16-11-2-1-3-14(6-11)22-5-4-18-15(21)9-19-8-12(17)7-13(19)10-20/h1-3,6,12-13,20H,4-5,7-10H2,(H,18,21)/t12-,13-/m0/s1. The smallest absolute Gasteiger partial charge is 0.234 e. The minimum atomic E-state index is -0.976. The molecule has 22 heavy (non-hydrogen) atoms. The maximum Gasteiger partial charge on any atom is 0.234 e. The molecule has 0 saturated carbocycles. The van der Waals surface area contributed by atoms with E-state index in [1.807, 2.05) is 0 Å². The number of likely N-dealkylation sites (tertiary alicyclic amines) is 1. The Balaban J connectivity index is 1.65. The molecule has 1 aliphatic heterocycles. The van der Waals surface area contributed by atoms with Crippen molar-refractivity contribution >= 4 is 17.5 Å². The summed E-state index contributed by atoms with van der Waals surface area (Å²) in [7, 11) is 0. The van der Waals surface area contributed by atoms with Gasteiger partial charge in [0.2, 0.25) is 5.91 Å². The number of halogens is 2. The monoisotopic (exact) mass is 330 g/mol. The number of ether oxygens (including phenoxy) is 1. The summed E-state index contributed by atoms with van der Waals surface area (Å²) < 4.78 is 18.7. The van der Waals surface area contributed by atoms with Gasteiger partial charge in [-0.1, -0.05) is 17.7 Å². The average Bonchev–Trinajstić information content (AvgIpc) is 2.83. The van der Waals surface area contributed by atoms with Crippen molar-refractivity contribution in [3.05, 3.63) is 29.3 Å². The van der Waals surface area contributed by atoms with Crippen LogP contribution in [-0.2, 0) is 4.79 Å². The minimum Gasteiger partial charge on any atom is -0.492 e. The minimum absolute atomic E-state index is 0.0861. The van der Waals surface area contributed by atoms with Crippen LogP contribution in [0, 0.1) is 0 Å². The van der Waals surface area contributed by atoms with Gasteiger partial charge in [-0.05, 0) is 24.6 Å². The second kappa shape index (κ2) is 8.31. The van der Waals surface area contributed by atoms with Crippen molar-refractivity contribution in [2.75, 3.05) is 32.8 Å².